The number of nitrogens with zero attached hydrogens (tertiary/aromatic N) is 1. The Balaban J connectivity index is 2.26. The van der Waals surface area contributed by atoms with E-state index in [9.17, 15) is 0 Å². The van der Waals surface area contributed by atoms with Crippen LogP contribution in [0.5, 0.6) is 5.88 Å². The van der Waals surface area contributed by atoms with Gasteiger partial charge in [-0.05, 0) is 11.5 Å². The lowest BCUT2D eigenvalue weighted by atomic mass is 10.1. The van der Waals surface area contributed by atoms with Gasteiger partial charge in [0, 0.05) is 23.7 Å². The number of rotatable bonds is 2. The molecular weight excluding hydrogens is 176 g/mol. The van der Waals surface area contributed by atoms with Crippen molar-refractivity contribution < 1.29 is 4.74 Å². The third-order valence-corrected chi connectivity index (χ3v) is 3.18. The molecule has 2 N–H and O–H groups in total. The fourth-order valence-electron chi connectivity index (χ4n) is 1.96. The Morgan fingerprint density at radius 1 is 1.43 bits per heavy atom. The Hall–Kier alpha value is -1.09. The Bertz CT molecular complexity index is 349. The minimum atomic E-state index is 0.180. The van der Waals surface area contributed by atoms with Gasteiger partial charge in [0.15, 0.2) is 0 Å². The highest BCUT2D eigenvalue weighted by molar-refractivity contribution is 5.31. The molecule has 1 saturated carbocycles. The zero-order valence-corrected chi connectivity index (χ0v) is 8.82. The van der Waals surface area contributed by atoms with E-state index < -0.39 is 0 Å². The molecule has 1 heterocycles. The number of ether oxygens (including phenoxy) is 1. The largest absolute Gasteiger partial charge is 0.481 e. The summed E-state index contributed by atoms with van der Waals surface area (Å²) in [5.74, 6) is 1.04. The highest BCUT2D eigenvalue weighted by Crippen LogP contribution is 2.56. The van der Waals surface area contributed by atoms with Crippen molar-refractivity contribution in [1.82, 2.24) is 4.98 Å². The van der Waals surface area contributed by atoms with Crippen LogP contribution in [0.3, 0.4) is 0 Å². The van der Waals surface area contributed by atoms with Gasteiger partial charge in [0.2, 0.25) is 5.88 Å². The SMILES string of the molecule is COc1cccc([C@@H]2[C@@H](N)C2(C)C)n1. The summed E-state index contributed by atoms with van der Waals surface area (Å²) < 4.78 is 5.08. The van der Waals surface area contributed by atoms with Crippen molar-refractivity contribution in [2.24, 2.45) is 11.1 Å². The van der Waals surface area contributed by atoms with Crippen molar-refractivity contribution in [2.45, 2.75) is 25.8 Å². The number of nitrogens with two attached hydrogens (primary N) is 1. The van der Waals surface area contributed by atoms with Gasteiger partial charge in [-0.1, -0.05) is 19.9 Å². The zero-order valence-electron chi connectivity index (χ0n) is 8.82. The highest BCUT2D eigenvalue weighted by atomic mass is 16.5. The minimum Gasteiger partial charge on any atom is -0.481 e. The second-order valence-electron chi connectivity index (χ2n) is 4.43. The van der Waals surface area contributed by atoms with Gasteiger partial charge in [-0.3, -0.25) is 0 Å². The second kappa shape index (κ2) is 2.95. The quantitative estimate of drug-likeness (QED) is 0.773. The monoisotopic (exact) mass is 192 g/mol. The average Bonchev–Trinajstić information content (AvgIpc) is 2.66. The van der Waals surface area contributed by atoms with Gasteiger partial charge in [-0.15, -0.1) is 0 Å². The first-order valence-corrected chi connectivity index (χ1v) is 4.84. The molecule has 1 aliphatic rings. The number of methoxy groups -OCH3 is 1. The van der Waals surface area contributed by atoms with E-state index in [0.717, 1.165) is 5.69 Å². The maximum Gasteiger partial charge on any atom is 0.213 e. The third-order valence-electron chi connectivity index (χ3n) is 3.18. The topological polar surface area (TPSA) is 48.1 Å². The van der Waals surface area contributed by atoms with Crippen molar-refractivity contribution in [1.29, 1.82) is 0 Å². The lowest BCUT2D eigenvalue weighted by molar-refractivity contribution is 0.395. The third kappa shape index (κ3) is 1.28. The molecule has 14 heavy (non-hydrogen) atoms. The van der Waals surface area contributed by atoms with Crippen LogP contribution in [0, 0.1) is 5.41 Å². The predicted octanol–water partition coefficient (Wildman–Crippen LogP) is 1.54. The van der Waals surface area contributed by atoms with Crippen LogP contribution < -0.4 is 10.5 Å². The predicted molar refractivity (Wildman–Crippen MR) is 55.3 cm³/mol. The molecule has 76 valence electrons. The van der Waals surface area contributed by atoms with E-state index >= 15 is 0 Å². The van der Waals surface area contributed by atoms with E-state index in [1.807, 2.05) is 18.2 Å². The summed E-state index contributed by atoms with van der Waals surface area (Å²) in [5.41, 5.74) is 7.21. The molecule has 1 aliphatic carbocycles. The van der Waals surface area contributed by atoms with Crippen LogP contribution in [-0.4, -0.2) is 18.1 Å². The molecule has 2 atom stereocenters. The Kier molecular flexibility index (Phi) is 2.00. The van der Waals surface area contributed by atoms with Gasteiger partial charge in [0.05, 0.1) is 7.11 Å². The standard InChI is InChI=1S/C11H16N2O/c1-11(2)9(10(11)12)7-5-4-6-8(13-7)14-3/h4-6,9-10H,12H2,1-3H3/t9-,10-/m1/s1. The summed E-state index contributed by atoms with van der Waals surface area (Å²) in [6, 6.07) is 6.05. The molecule has 2 rings (SSSR count). The summed E-state index contributed by atoms with van der Waals surface area (Å²) in [5, 5.41) is 0. The molecule has 0 radical (unpaired) electrons. The van der Waals surface area contributed by atoms with Gasteiger partial charge >= 0.3 is 0 Å². The molecule has 0 saturated heterocycles. The number of hydrogen-bond acceptors (Lipinski definition) is 3. The lowest BCUT2D eigenvalue weighted by Crippen LogP contribution is -2.06. The first kappa shape index (κ1) is 9.46. The van der Waals surface area contributed by atoms with Crippen LogP contribution in [0.15, 0.2) is 18.2 Å². The van der Waals surface area contributed by atoms with Crippen LogP contribution in [0.2, 0.25) is 0 Å². The van der Waals surface area contributed by atoms with E-state index in [0.29, 0.717) is 11.8 Å². The second-order valence-corrected chi connectivity index (χ2v) is 4.43. The highest BCUT2D eigenvalue weighted by Gasteiger charge is 2.57. The molecule has 0 unspecified atom stereocenters. The Morgan fingerprint density at radius 2 is 2.07 bits per heavy atom. The van der Waals surface area contributed by atoms with E-state index in [4.69, 9.17) is 10.5 Å². The van der Waals surface area contributed by atoms with Crippen molar-refractivity contribution in [3.05, 3.63) is 23.9 Å². The molecule has 3 nitrogen and oxygen atoms in total. The molecule has 0 aromatic carbocycles. The maximum absolute atomic E-state index is 5.99. The van der Waals surface area contributed by atoms with Crippen LogP contribution in [0.25, 0.3) is 0 Å². The number of pyridine rings is 1. The van der Waals surface area contributed by atoms with Gasteiger partial charge in [-0.2, -0.15) is 0 Å². The van der Waals surface area contributed by atoms with Crippen LogP contribution in [0.1, 0.15) is 25.5 Å². The summed E-state index contributed by atoms with van der Waals surface area (Å²) in [4.78, 5) is 4.40. The normalized spacial score (nSPS) is 28.6. The first-order chi connectivity index (χ1) is 6.57. The average molecular weight is 192 g/mol. The molecule has 1 fully saturated rings. The van der Waals surface area contributed by atoms with E-state index in [2.05, 4.69) is 18.8 Å². The molecule has 0 aliphatic heterocycles. The van der Waals surface area contributed by atoms with Crippen molar-refractivity contribution in [2.75, 3.05) is 7.11 Å². The Morgan fingerprint density at radius 3 is 2.57 bits per heavy atom. The lowest BCUT2D eigenvalue weighted by Gasteiger charge is -2.03. The summed E-state index contributed by atoms with van der Waals surface area (Å²) in [7, 11) is 1.63. The van der Waals surface area contributed by atoms with E-state index in [1.165, 1.54) is 0 Å². The van der Waals surface area contributed by atoms with Crippen LogP contribution >= 0.6 is 0 Å². The van der Waals surface area contributed by atoms with E-state index in [1.54, 1.807) is 7.11 Å². The van der Waals surface area contributed by atoms with Crippen LogP contribution in [0.4, 0.5) is 0 Å². The van der Waals surface area contributed by atoms with E-state index in [-0.39, 0.29) is 11.5 Å². The fraction of sp³-hybridized carbons (Fsp3) is 0.545. The molecule has 1 aromatic rings. The number of hydrogen-bond donors (Lipinski definition) is 1. The molecule has 1 aromatic heterocycles. The van der Waals surface area contributed by atoms with Gasteiger partial charge < -0.3 is 10.5 Å². The van der Waals surface area contributed by atoms with Crippen LogP contribution in [-0.2, 0) is 0 Å². The maximum atomic E-state index is 5.99. The summed E-state index contributed by atoms with van der Waals surface area (Å²) in [6.07, 6.45) is 0. The van der Waals surface area contributed by atoms with Crippen molar-refractivity contribution in [3.8, 4) is 5.88 Å². The molecule has 0 spiro atoms. The zero-order chi connectivity index (χ0) is 10.3. The van der Waals surface area contributed by atoms with Gasteiger partial charge in [0.25, 0.3) is 0 Å². The fourth-order valence-corrected chi connectivity index (χ4v) is 1.96. The summed E-state index contributed by atoms with van der Waals surface area (Å²) >= 11 is 0. The van der Waals surface area contributed by atoms with Gasteiger partial charge in [-0.25, -0.2) is 4.98 Å². The Labute approximate surface area is 84.3 Å². The van der Waals surface area contributed by atoms with Gasteiger partial charge in [0.1, 0.15) is 0 Å². The molecule has 3 heteroatoms. The van der Waals surface area contributed by atoms with Crippen molar-refractivity contribution >= 4 is 0 Å². The molecule has 0 amide bonds. The first-order valence-electron chi connectivity index (χ1n) is 4.84. The number of aromatic nitrogens is 1. The van der Waals surface area contributed by atoms with Crippen molar-refractivity contribution in [3.63, 3.8) is 0 Å². The smallest absolute Gasteiger partial charge is 0.213 e. The molecule has 0 bridgehead atoms. The molecular formula is C11H16N2O. The summed E-state index contributed by atoms with van der Waals surface area (Å²) in [6.45, 7) is 4.34. The minimum absolute atomic E-state index is 0.180.